The molecule has 0 saturated heterocycles. The van der Waals surface area contributed by atoms with Gasteiger partial charge in [-0.3, -0.25) is 0 Å². The minimum Gasteiger partial charge on any atom is -0.389 e. The van der Waals surface area contributed by atoms with Crippen molar-refractivity contribution in [3.8, 4) is 0 Å². The number of aliphatic hydroxyl groups is 1. The van der Waals surface area contributed by atoms with Gasteiger partial charge in [-0.25, -0.2) is 0 Å². The molecule has 0 bridgehead atoms. The van der Waals surface area contributed by atoms with Gasteiger partial charge >= 0.3 is 6.18 Å². The summed E-state index contributed by atoms with van der Waals surface area (Å²) in [5.74, 6) is 0.489. The van der Waals surface area contributed by atoms with Gasteiger partial charge in [0.2, 0.25) is 11.9 Å². The maximum absolute atomic E-state index is 13.0. The third-order valence-electron chi connectivity index (χ3n) is 4.28. The number of anilines is 2. The highest BCUT2D eigenvalue weighted by Gasteiger charge is 2.39. The Balaban J connectivity index is 1.89. The second-order valence-electron chi connectivity index (χ2n) is 6.52. The van der Waals surface area contributed by atoms with E-state index in [0.29, 0.717) is 18.7 Å². The second kappa shape index (κ2) is 7.15. The summed E-state index contributed by atoms with van der Waals surface area (Å²) in [7, 11) is 0. The average molecular weight is 357 g/mol. The van der Waals surface area contributed by atoms with Crippen LogP contribution in [-0.4, -0.2) is 44.4 Å². The fourth-order valence-corrected chi connectivity index (χ4v) is 2.72. The van der Waals surface area contributed by atoms with E-state index < -0.39 is 18.3 Å². The van der Waals surface area contributed by atoms with Gasteiger partial charge in [0, 0.05) is 6.04 Å². The molecule has 1 unspecified atom stereocenters. The zero-order valence-corrected chi connectivity index (χ0v) is 14.0. The number of aliphatic hydroxyl groups excluding tert-OH is 1. The van der Waals surface area contributed by atoms with Crippen LogP contribution in [-0.2, 0) is 0 Å². The van der Waals surface area contributed by atoms with Gasteiger partial charge in [0.1, 0.15) is 6.04 Å². The van der Waals surface area contributed by atoms with Crippen LogP contribution < -0.4 is 10.6 Å². The number of allylic oxidation sites excluding steroid dienone is 1. The first kappa shape index (κ1) is 17.9. The van der Waals surface area contributed by atoms with Crippen molar-refractivity contribution >= 4 is 17.5 Å². The molecule has 1 aromatic heterocycles. The zero-order chi connectivity index (χ0) is 18.0. The smallest absolute Gasteiger partial charge is 0.389 e. The number of halogens is 3. The lowest BCUT2D eigenvalue weighted by Crippen LogP contribution is -2.36. The molecule has 2 atom stereocenters. The fraction of sp³-hybridized carbons (Fsp3) is 0.688. The molecule has 2 aliphatic rings. The van der Waals surface area contributed by atoms with E-state index in [4.69, 9.17) is 0 Å². The van der Waals surface area contributed by atoms with Crippen LogP contribution in [0, 0.1) is 0 Å². The van der Waals surface area contributed by atoms with E-state index in [1.54, 1.807) is 6.08 Å². The monoisotopic (exact) mass is 357 g/mol. The maximum Gasteiger partial charge on any atom is 0.408 e. The van der Waals surface area contributed by atoms with Crippen molar-refractivity contribution in [2.75, 3.05) is 10.6 Å². The summed E-state index contributed by atoms with van der Waals surface area (Å²) in [5, 5.41) is 15.3. The number of aromatic nitrogens is 3. The highest BCUT2D eigenvalue weighted by Crippen LogP contribution is 2.29. The van der Waals surface area contributed by atoms with Crippen LogP contribution in [0.25, 0.3) is 5.57 Å². The van der Waals surface area contributed by atoms with E-state index in [9.17, 15) is 18.3 Å². The molecule has 138 valence electrons. The van der Waals surface area contributed by atoms with E-state index in [2.05, 4.69) is 25.6 Å². The van der Waals surface area contributed by atoms with Crippen molar-refractivity contribution in [3.05, 3.63) is 11.9 Å². The lowest BCUT2D eigenvalue weighted by Gasteiger charge is -2.21. The molecule has 1 fully saturated rings. The molecule has 9 heteroatoms. The van der Waals surface area contributed by atoms with E-state index in [1.807, 2.05) is 0 Å². The first-order chi connectivity index (χ1) is 11.8. The molecular weight excluding hydrogens is 335 g/mol. The third-order valence-corrected chi connectivity index (χ3v) is 4.28. The topological polar surface area (TPSA) is 83.0 Å². The maximum atomic E-state index is 13.0. The molecule has 6 nitrogen and oxygen atoms in total. The number of alkyl halides is 3. The quantitative estimate of drug-likeness (QED) is 0.726. The molecule has 1 heterocycles. The molecule has 0 amide bonds. The highest BCUT2D eigenvalue weighted by molar-refractivity contribution is 5.63. The molecule has 1 saturated carbocycles. The normalized spacial score (nSPS) is 22.3. The van der Waals surface area contributed by atoms with Gasteiger partial charge in [-0.2, -0.15) is 28.1 Å². The number of nitrogens with one attached hydrogen (secondary N) is 2. The Morgan fingerprint density at radius 1 is 1.20 bits per heavy atom. The van der Waals surface area contributed by atoms with Crippen LogP contribution in [0.5, 0.6) is 0 Å². The van der Waals surface area contributed by atoms with E-state index in [0.717, 1.165) is 24.8 Å². The Morgan fingerprint density at radius 2 is 1.92 bits per heavy atom. The fourth-order valence-electron chi connectivity index (χ4n) is 2.72. The molecule has 1 aromatic rings. The van der Waals surface area contributed by atoms with Crippen LogP contribution in [0.2, 0.25) is 0 Å². The average Bonchev–Trinajstić information content (AvgIpc) is 3.35. The highest BCUT2D eigenvalue weighted by atomic mass is 19.4. The van der Waals surface area contributed by atoms with Crippen LogP contribution in [0.3, 0.4) is 0 Å². The minimum atomic E-state index is -4.38. The van der Waals surface area contributed by atoms with Gasteiger partial charge in [0.25, 0.3) is 0 Å². The minimum absolute atomic E-state index is 0.0988. The summed E-state index contributed by atoms with van der Waals surface area (Å²) in [6.45, 7) is 1.45. The molecule has 0 radical (unpaired) electrons. The Hall–Kier alpha value is -1.90. The molecule has 0 aliphatic heterocycles. The largest absolute Gasteiger partial charge is 0.408 e. The van der Waals surface area contributed by atoms with Crippen LogP contribution in [0.4, 0.5) is 25.1 Å². The van der Waals surface area contributed by atoms with Crippen LogP contribution >= 0.6 is 0 Å². The SMILES string of the molecule is CC[C@@H](Nc1nc(NC2CC2)nc(C2=CC(O)CCC2)n1)C(F)(F)F. The summed E-state index contributed by atoms with van der Waals surface area (Å²) in [6.07, 6.45) is 0.700. The predicted octanol–water partition coefficient (Wildman–Crippen LogP) is 3.13. The van der Waals surface area contributed by atoms with Gasteiger partial charge in [-0.15, -0.1) is 0 Å². The lowest BCUT2D eigenvalue weighted by molar-refractivity contribution is -0.143. The lowest BCUT2D eigenvalue weighted by atomic mass is 9.97. The van der Waals surface area contributed by atoms with E-state index in [1.165, 1.54) is 6.92 Å². The summed E-state index contributed by atoms with van der Waals surface area (Å²) in [4.78, 5) is 12.6. The van der Waals surface area contributed by atoms with Crippen molar-refractivity contribution in [3.63, 3.8) is 0 Å². The van der Waals surface area contributed by atoms with Crippen molar-refractivity contribution in [1.29, 1.82) is 0 Å². The van der Waals surface area contributed by atoms with Gasteiger partial charge in [-0.1, -0.05) is 6.92 Å². The van der Waals surface area contributed by atoms with Gasteiger partial charge in [0.05, 0.1) is 6.10 Å². The van der Waals surface area contributed by atoms with Crippen molar-refractivity contribution in [1.82, 2.24) is 15.0 Å². The van der Waals surface area contributed by atoms with Gasteiger partial charge in [0.15, 0.2) is 5.82 Å². The second-order valence-corrected chi connectivity index (χ2v) is 6.52. The Morgan fingerprint density at radius 3 is 2.52 bits per heavy atom. The third kappa shape index (κ3) is 4.81. The van der Waals surface area contributed by atoms with E-state index >= 15 is 0 Å². The standard InChI is InChI=1S/C16H22F3N5O/c1-2-12(16(17,18)19)21-15-23-13(9-4-3-5-11(25)8-9)22-14(24-15)20-10-6-7-10/h8,10-12,25H,2-7H2,1H3,(H2,20,21,22,23,24)/t11?,12-/m1/s1. The molecule has 3 N–H and O–H groups in total. The van der Waals surface area contributed by atoms with E-state index in [-0.39, 0.29) is 24.4 Å². The molecule has 0 spiro atoms. The molecular formula is C16H22F3N5O. The Kier molecular flexibility index (Phi) is 5.12. The number of nitrogens with zero attached hydrogens (tertiary/aromatic N) is 3. The first-order valence-corrected chi connectivity index (χ1v) is 8.60. The number of rotatable bonds is 6. The van der Waals surface area contributed by atoms with Crippen LogP contribution in [0.1, 0.15) is 51.3 Å². The molecule has 3 rings (SSSR count). The predicted molar refractivity (Wildman–Crippen MR) is 88.1 cm³/mol. The van der Waals surface area contributed by atoms with Gasteiger partial charge < -0.3 is 15.7 Å². The first-order valence-electron chi connectivity index (χ1n) is 8.60. The van der Waals surface area contributed by atoms with Crippen molar-refractivity contribution in [2.45, 2.75) is 69.8 Å². The Bertz CT molecular complexity index is 645. The summed E-state index contributed by atoms with van der Waals surface area (Å²) in [6, 6.07) is -1.46. The Labute approximate surface area is 144 Å². The number of hydrogen-bond donors (Lipinski definition) is 3. The molecule has 25 heavy (non-hydrogen) atoms. The van der Waals surface area contributed by atoms with Crippen LogP contribution in [0.15, 0.2) is 6.08 Å². The van der Waals surface area contributed by atoms with Crippen molar-refractivity contribution < 1.29 is 18.3 Å². The summed E-state index contributed by atoms with van der Waals surface area (Å²) in [5.41, 5.74) is 0.739. The summed E-state index contributed by atoms with van der Waals surface area (Å²) < 4.78 is 39.1. The number of hydrogen-bond acceptors (Lipinski definition) is 6. The molecule has 2 aliphatic carbocycles. The summed E-state index contributed by atoms with van der Waals surface area (Å²) >= 11 is 0. The van der Waals surface area contributed by atoms with Crippen molar-refractivity contribution in [2.24, 2.45) is 0 Å². The zero-order valence-electron chi connectivity index (χ0n) is 14.0. The molecule has 0 aromatic carbocycles. The van der Waals surface area contributed by atoms with Gasteiger partial charge in [-0.05, 0) is 50.2 Å².